The lowest BCUT2D eigenvalue weighted by atomic mass is 10.5. The fourth-order valence-electron chi connectivity index (χ4n) is 0.534. The highest BCUT2D eigenvalue weighted by Gasteiger charge is 2.06. The number of hydrogen-bond acceptors (Lipinski definition) is 3. The summed E-state index contributed by atoms with van der Waals surface area (Å²) in [4.78, 5) is 6.54. The number of nitrogens with zero attached hydrogens (tertiary/aromatic N) is 1. The second-order valence-electron chi connectivity index (χ2n) is 1.60. The summed E-state index contributed by atoms with van der Waals surface area (Å²) in [6.07, 6.45) is 3.29. The first-order valence-electron chi connectivity index (χ1n) is 2.57. The number of thioether (sulfide) groups is 1. The fourth-order valence-corrected chi connectivity index (χ4v) is 1.13. The number of hydrogen-bond donors (Lipinski definition) is 2. The highest BCUT2D eigenvalue weighted by molar-refractivity contribution is 8.13. The van der Waals surface area contributed by atoms with Crippen LogP contribution >= 0.6 is 23.4 Å². The van der Waals surface area contributed by atoms with E-state index in [1.807, 2.05) is 6.26 Å². The second kappa shape index (κ2) is 3.07. The molecule has 54 valence electrons. The SMILES string of the molecule is CSC(=N)c1nc[nH]c1Cl. The maximum atomic E-state index is 7.33. The lowest BCUT2D eigenvalue weighted by molar-refractivity contribution is 1.30. The van der Waals surface area contributed by atoms with Crippen molar-refractivity contribution in [1.82, 2.24) is 9.97 Å². The molecule has 1 rings (SSSR count). The van der Waals surface area contributed by atoms with Crippen LogP contribution in [0.5, 0.6) is 0 Å². The number of aromatic amines is 1. The van der Waals surface area contributed by atoms with Gasteiger partial charge < -0.3 is 4.98 Å². The molecule has 0 radical (unpaired) electrons. The number of nitrogens with one attached hydrogen (secondary N) is 2. The summed E-state index contributed by atoms with van der Waals surface area (Å²) in [6.45, 7) is 0. The molecule has 0 saturated heterocycles. The topological polar surface area (TPSA) is 52.5 Å². The molecule has 1 heterocycles. The van der Waals surface area contributed by atoms with Crippen molar-refractivity contribution >= 4 is 28.4 Å². The average Bonchev–Trinajstić information content (AvgIpc) is 2.34. The van der Waals surface area contributed by atoms with E-state index in [-0.39, 0.29) is 0 Å². The molecule has 10 heavy (non-hydrogen) atoms. The van der Waals surface area contributed by atoms with Crippen molar-refractivity contribution in [3.8, 4) is 0 Å². The van der Waals surface area contributed by atoms with Gasteiger partial charge in [-0.15, -0.1) is 11.8 Å². The van der Waals surface area contributed by atoms with Crippen molar-refractivity contribution in [2.45, 2.75) is 0 Å². The summed E-state index contributed by atoms with van der Waals surface area (Å²) in [5, 5.41) is 8.14. The summed E-state index contributed by atoms with van der Waals surface area (Å²) < 4.78 is 0. The van der Waals surface area contributed by atoms with Gasteiger partial charge in [0.15, 0.2) is 0 Å². The number of H-pyrrole nitrogens is 1. The zero-order valence-corrected chi connectivity index (χ0v) is 6.88. The van der Waals surface area contributed by atoms with Crippen molar-refractivity contribution in [3.63, 3.8) is 0 Å². The Balaban J connectivity index is 2.93. The second-order valence-corrected chi connectivity index (χ2v) is 2.79. The van der Waals surface area contributed by atoms with E-state index in [1.165, 1.54) is 18.1 Å². The Morgan fingerprint density at radius 3 is 3.00 bits per heavy atom. The van der Waals surface area contributed by atoms with E-state index in [4.69, 9.17) is 17.0 Å². The number of aromatic nitrogens is 2. The van der Waals surface area contributed by atoms with Crippen LogP contribution in [0.2, 0.25) is 5.15 Å². The summed E-state index contributed by atoms with van der Waals surface area (Å²) in [7, 11) is 0. The zero-order chi connectivity index (χ0) is 7.56. The summed E-state index contributed by atoms with van der Waals surface area (Å²) in [5.41, 5.74) is 0.522. The molecule has 0 spiro atoms. The first kappa shape index (κ1) is 7.63. The van der Waals surface area contributed by atoms with Gasteiger partial charge in [-0.25, -0.2) is 4.98 Å². The lowest BCUT2D eigenvalue weighted by Gasteiger charge is -1.92. The Labute approximate surface area is 67.7 Å². The van der Waals surface area contributed by atoms with Crippen LogP contribution in [0.1, 0.15) is 5.69 Å². The van der Waals surface area contributed by atoms with Crippen LogP contribution in [0.25, 0.3) is 0 Å². The smallest absolute Gasteiger partial charge is 0.136 e. The predicted octanol–water partition coefficient (Wildman–Crippen LogP) is 1.75. The molecule has 0 amide bonds. The fraction of sp³-hybridized carbons (Fsp3) is 0.200. The molecule has 0 fully saturated rings. The van der Waals surface area contributed by atoms with E-state index in [2.05, 4.69) is 9.97 Å². The number of halogens is 1. The van der Waals surface area contributed by atoms with E-state index in [0.717, 1.165) is 0 Å². The van der Waals surface area contributed by atoms with Crippen LogP contribution in [-0.2, 0) is 0 Å². The predicted molar refractivity (Wildman–Crippen MR) is 43.9 cm³/mol. The minimum Gasteiger partial charge on any atom is -0.335 e. The van der Waals surface area contributed by atoms with Gasteiger partial charge in [0.05, 0.1) is 6.33 Å². The Kier molecular flexibility index (Phi) is 2.34. The Morgan fingerprint density at radius 2 is 2.60 bits per heavy atom. The summed E-state index contributed by atoms with van der Waals surface area (Å²) >= 11 is 6.95. The van der Waals surface area contributed by atoms with Gasteiger partial charge in [0, 0.05) is 0 Å². The highest BCUT2D eigenvalue weighted by atomic mass is 35.5. The molecule has 3 nitrogen and oxygen atoms in total. The Hall–Kier alpha value is -0.480. The van der Waals surface area contributed by atoms with Gasteiger partial charge in [0.25, 0.3) is 0 Å². The maximum Gasteiger partial charge on any atom is 0.136 e. The van der Waals surface area contributed by atoms with Gasteiger partial charge in [-0.2, -0.15) is 0 Å². The van der Waals surface area contributed by atoms with Crippen LogP contribution in [0.3, 0.4) is 0 Å². The Bertz CT molecular complexity index is 245. The van der Waals surface area contributed by atoms with Crippen molar-refractivity contribution in [1.29, 1.82) is 5.41 Å². The number of rotatable bonds is 1. The first-order chi connectivity index (χ1) is 4.75. The van der Waals surface area contributed by atoms with Gasteiger partial charge in [-0.3, -0.25) is 5.41 Å². The highest BCUT2D eigenvalue weighted by Crippen LogP contribution is 2.14. The van der Waals surface area contributed by atoms with Crippen LogP contribution < -0.4 is 0 Å². The largest absolute Gasteiger partial charge is 0.335 e. The molecular formula is C5H6ClN3S. The van der Waals surface area contributed by atoms with Crippen molar-refractivity contribution in [3.05, 3.63) is 17.2 Å². The van der Waals surface area contributed by atoms with Crippen LogP contribution in [0, 0.1) is 5.41 Å². The standard InChI is InChI=1S/C5H6ClN3S/c1-10-5(7)3-4(6)9-2-8-3/h2,7H,1H3,(H,8,9). The number of imidazole rings is 1. The summed E-state index contributed by atoms with van der Waals surface area (Å²) in [6, 6.07) is 0. The molecule has 0 atom stereocenters. The van der Waals surface area contributed by atoms with Gasteiger partial charge >= 0.3 is 0 Å². The zero-order valence-electron chi connectivity index (χ0n) is 5.31. The molecule has 0 unspecified atom stereocenters. The molecule has 0 aromatic carbocycles. The molecule has 0 aliphatic rings. The van der Waals surface area contributed by atoms with Crippen LogP contribution in [-0.4, -0.2) is 21.3 Å². The van der Waals surface area contributed by atoms with E-state index < -0.39 is 0 Å². The van der Waals surface area contributed by atoms with Crippen molar-refractivity contribution in [2.75, 3.05) is 6.26 Å². The molecule has 1 aromatic rings. The third-order valence-electron chi connectivity index (χ3n) is 1.01. The Morgan fingerprint density at radius 1 is 1.90 bits per heavy atom. The molecule has 0 aliphatic heterocycles. The molecule has 2 N–H and O–H groups in total. The van der Waals surface area contributed by atoms with Crippen molar-refractivity contribution in [2.24, 2.45) is 0 Å². The van der Waals surface area contributed by atoms with Gasteiger partial charge in [0.1, 0.15) is 15.9 Å². The third-order valence-corrected chi connectivity index (χ3v) is 1.90. The van der Waals surface area contributed by atoms with Crippen LogP contribution in [0.15, 0.2) is 6.33 Å². The third kappa shape index (κ3) is 1.33. The molecule has 1 aromatic heterocycles. The van der Waals surface area contributed by atoms with Gasteiger partial charge in [-0.05, 0) is 6.26 Å². The van der Waals surface area contributed by atoms with Crippen LogP contribution in [0.4, 0.5) is 0 Å². The van der Waals surface area contributed by atoms with E-state index in [0.29, 0.717) is 15.9 Å². The van der Waals surface area contributed by atoms with Gasteiger partial charge in [-0.1, -0.05) is 11.6 Å². The van der Waals surface area contributed by atoms with Gasteiger partial charge in [0.2, 0.25) is 0 Å². The minimum atomic E-state index is 0.381. The first-order valence-corrected chi connectivity index (χ1v) is 4.17. The molecule has 5 heteroatoms. The monoisotopic (exact) mass is 175 g/mol. The molecule has 0 saturated carbocycles. The van der Waals surface area contributed by atoms with E-state index >= 15 is 0 Å². The normalized spacial score (nSPS) is 9.80. The average molecular weight is 176 g/mol. The van der Waals surface area contributed by atoms with E-state index in [1.54, 1.807) is 0 Å². The van der Waals surface area contributed by atoms with Crippen molar-refractivity contribution < 1.29 is 0 Å². The molecule has 0 bridgehead atoms. The quantitative estimate of drug-likeness (QED) is 0.505. The summed E-state index contributed by atoms with van der Waals surface area (Å²) in [5.74, 6) is 0. The molecule has 0 aliphatic carbocycles. The van der Waals surface area contributed by atoms with E-state index in [9.17, 15) is 0 Å². The maximum absolute atomic E-state index is 7.33. The minimum absolute atomic E-state index is 0.381. The molecular weight excluding hydrogens is 170 g/mol. The lowest BCUT2D eigenvalue weighted by Crippen LogP contribution is -1.92.